The number of hydrogen-bond donors (Lipinski definition) is 0. The second kappa shape index (κ2) is 1.84. The molecule has 0 aromatic rings. The summed E-state index contributed by atoms with van der Waals surface area (Å²) in [5.74, 6) is 0.817. The van der Waals surface area contributed by atoms with E-state index in [0.29, 0.717) is 0 Å². The van der Waals surface area contributed by atoms with Gasteiger partial charge in [-0.15, -0.1) is 0 Å². The minimum atomic E-state index is -0.355. The second-order valence-electron chi connectivity index (χ2n) is 2.23. The molecular formula is C8H6O2. The van der Waals surface area contributed by atoms with Crippen LogP contribution in [0.5, 0.6) is 0 Å². The molecule has 1 heterocycles. The molecule has 1 aliphatic carbocycles. The number of rotatable bonds is 1. The van der Waals surface area contributed by atoms with Gasteiger partial charge in [0.25, 0.3) is 0 Å². The fourth-order valence-corrected chi connectivity index (χ4v) is 1.09. The smallest absolute Gasteiger partial charge is 0.173 e. The summed E-state index contributed by atoms with van der Waals surface area (Å²) < 4.78 is 5.17. The Hall–Kier alpha value is -1.31. The summed E-state index contributed by atoms with van der Waals surface area (Å²) in [6, 6.07) is 0. The predicted octanol–water partition coefficient (Wildman–Crippen LogP) is 0.964. The van der Waals surface area contributed by atoms with Crippen LogP contribution in [0.15, 0.2) is 35.6 Å². The Balaban J connectivity index is 2.32. The Bertz CT molecular complexity index is 258. The van der Waals surface area contributed by atoms with Crippen LogP contribution >= 0.6 is 0 Å². The third kappa shape index (κ3) is 0.620. The average Bonchev–Trinajstić information content (AvgIpc) is 2.42. The van der Waals surface area contributed by atoms with Crippen molar-refractivity contribution in [3.8, 4) is 0 Å². The minimum absolute atomic E-state index is 0.355. The van der Waals surface area contributed by atoms with Crippen LogP contribution in [0.3, 0.4) is 0 Å². The summed E-state index contributed by atoms with van der Waals surface area (Å²) in [6.45, 7) is 0. The largest absolute Gasteiger partial charge is 0.478 e. The molecule has 0 saturated carbocycles. The third-order valence-corrected chi connectivity index (χ3v) is 1.55. The Morgan fingerprint density at radius 2 is 2.50 bits per heavy atom. The van der Waals surface area contributed by atoms with E-state index in [-0.39, 0.29) is 6.10 Å². The molecule has 1 atom stereocenters. The number of allylic oxidation sites excluding steroid dienone is 3. The lowest BCUT2D eigenvalue weighted by atomic mass is 10.2. The van der Waals surface area contributed by atoms with Gasteiger partial charge in [-0.2, -0.15) is 0 Å². The van der Waals surface area contributed by atoms with E-state index in [1.165, 1.54) is 0 Å². The van der Waals surface area contributed by atoms with Crippen LogP contribution in [0.1, 0.15) is 0 Å². The molecule has 0 N–H and O–H groups in total. The van der Waals surface area contributed by atoms with E-state index in [4.69, 9.17) is 4.74 Å². The number of aldehydes is 1. The second-order valence-corrected chi connectivity index (χ2v) is 2.23. The summed E-state index contributed by atoms with van der Waals surface area (Å²) >= 11 is 0. The molecule has 2 heteroatoms. The Kier molecular flexibility index (Phi) is 1.01. The highest BCUT2D eigenvalue weighted by Gasteiger charge is 2.20. The highest BCUT2D eigenvalue weighted by Crippen LogP contribution is 2.27. The molecule has 2 rings (SSSR count). The van der Waals surface area contributed by atoms with Crippen LogP contribution in [-0.2, 0) is 9.53 Å². The highest BCUT2D eigenvalue weighted by atomic mass is 16.5. The number of ether oxygens (including phenoxy) is 1. The van der Waals surface area contributed by atoms with Crippen molar-refractivity contribution in [3.05, 3.63) is 35.6 Å². The van der Waals surface area contributed by atoms with Crippen molar-refractivity contribution in [1.29, 1.82) is 0 Å². The molecule has 0 saturated heterocycles. The Morgan fingerprint density at radius 3 is 3.20 bits per heavy atom. The molecule has 0 bridgehead atoms. The monoisotopic (exact) mass is 134 g/mol. The number of carbonyl (C=O) groups is 1. The van der Waals surface area contributed by atoms with Crippen LogP contribution in [0.4, 0.5) is 0 Å². The Morgan fingerprint density at radius 1 is 1.60 bits per heavy atom. The fourth-order valence-electron chi connectivity index (χ4n) is 1.09. The topological polar surface area (TPSA) is 26.3 Å². The summed E-state index contributed by atoms with van der Waals surface area (Å²) in [7, 11) is 0. The van der Waals surface area contributed by atoms with E-state index >= 15 is 0 Å². The summed E-state index contributed by atoms with van der Waals surface area (Å²) in [5, 5.41) is 0. The zero-order valence-corrected chi connectivity index (χ0v) is 5.28. The van der Waals surface area contributed by atoms with Crippen molar-refractivity contribution in [2.75, 3.05) is 0 Å². The van der Waals surface area contributed by atoms with Gasteiger partial charge in [-0.05, 0) is 12.2 Å². The van der Waals surface area contributed by atoms with E-state index < -0.39 is 0 Å². The molecular weight excluding hydrogens is 128 g/mol. The number of hydrogen-bond acceptors (Lipinski definition) is 2. The zero-order valence-electron chi connectivity index (χ0n) is 5.28. The van der Waals surface area contributed by atoms with Crippen LogP contribution in [0.25, 0.3) is 0 Å². The fraction of sp³-hybridized carbons (Fsp3) is 0.125. The van der Waals surface area contributed by atoms with Gasteiger partial charge in [-0.3, -0.25) is 4.79 Å². The molecule has 10 heavy (non-hydrogen) atoms. The van der Waals surface area contributed by atoms with Gasteiger partial charge < -0.3 is 4.74 Å². The van der Waals surface area contributed by atoms with E-state index in [9.17, 15) is 4.79 Å². The molecule has 0 fully saturated rings. The summed E-state index contributed by atoms with van der Waals surface area (Å²) in [4.78, 5) is 10.2. The normalized spacial score (nSPS) is 27.0. The van der Waals surface area contributed by atoms with Crippen molar-refractivity contribution in [2.45, 2.75) is 6.10 Å². The molecule has 1 unspecified atom stereocenters. The first-order chi connectivity index (χ1) is 4.90. The molecule has 0 aromatic heterocycles. The molecule has 50 valence electrons. The molecule has 0 radical (unpaired) electrons. The quantitative estimate of drug-likeness (QED) is 0.499. The molecule has 0 amide bonds. The molecule has 0 aromatic carbocycles. The first-order valence-corrected chi connectivity index (χ1v) is 3.12. The van der Waals surface area contributed by atoms with Crippen molar-refractivity contribution in [1.82, 2.24) is 0 Å². The van der Waals surface area contributed by atoms with Crippen molar-refractivity contribution >= 4 is 6.29 Å². The van der Waals surface area contributed by atoms with Crippen LogP contribution in [0.2, 0.25) is 0 Å². The first-order valence-electron chi connectivity index (χ1n) is 3.12. The number of carbonyl (C=O) groups excluding carboxylic acids is 1. The molecule has 2 nitrogen and oxygen atoms in total. The van der Waals surface area contributed by atoms with Crippen molar-refractivity contribution in [2.24, 2.45) is 0 Å². The van der Waals surface area contributed by atoms with Gasteiger partial charge in [0, 0.05) is 5.57 Å². The van der Waals surface area contributed by atoms with Gasteiger partial charge in [-0.1, -0.05) is 12.2 Å². The van der Waals surface area contributed by atoms with Gasteiger partial charge in [0.05, 0.1) is 0 Å². The lowest BCUT2D eigenvalue weighted by Gasteiger charge is -1.99. The molecule has 1 aliphatic heterocycles. The minimum Gasteiger partial charge on any atom is -0.478 e. The third-order valence-electron chi connectivity index (χ3n) is 1.55. The van der Waals surface area contributed by atoms with E-state index in [1.807, 2.05) is 24.3 Å². The van der Waals surface area contributed by atoms with Gasteiger partial charge in [0.1, 0.15) is 5.76 Å². The maximum Gasteiger partial charge on any atom is 0.173 e. The standard InChI is InChI=1S/C8H6O2/c9-5-7-4-6-2-1-3-8(6)10-7/h1-5,7H. The molecule has 2 aliphatic rings. The highest BCUT2D eigenvalue weighted by molar-refractivity contribution is 5.65. The maximum atomic E-state index is 10.2. The van der Waals surface area contributed by atoms with Gasteiger partial charge in [-0.25, -0.2) is 0 Å². The average molecular weight is 134 g/mol. The lowest BCUT2D eigenvalue weighted by molar-refractivity contribution is -0.113. The lowest BCUT2D eigenvalue weighted by Crippen LogP contribution is -2.03. The van der Waals surface area contributed by atoms with Crippen LogP contribution < -0.4 is 0 Å². The van der Waals surface area contributed by atoms with Crippen molar-refractivity contribution < 1.29 is 9.53 Å². The van der Waals surface area contributed by atoms with Gasteiger partial charge in [0.15, 0.2) is 12.4 Å². The van der Waals surface area contributed by atoms with E-state index in [0.717, 1.165) is 17.6 Å². The van der Waals surface area contributed by atoms with E-state index in [1.54, 1.807) is 0 Å². The number of fused-ring (bicyclic) bond motifs is 1. The van der Waals surface area contributed by atoms with Crippen LogP contribution in [-0.4, -0.2) is 12.4 Å². The first kappa shape index (κ1) is 5.47. The molecule has 0 spiro atoms. The summed E-state index contributed by atoms with van der Waals surface area (Å²) in [6.07, 6.45) is 7.93. The van der Waals surface area contributed by atoms with E-state index in [2.05, 4.69) is 0 Å². The van der Waals surface area contributed by atoms with Gasteiger partial charge in [0.2, 0.25) is 0 Å². The summed E-state index contributed by atoms with van der Waals surface area (Å²) in [5.41, 5.74) is 1.03. The van der Waals surface area contributed by atoms with Crippen LogP contribution in [0, 0.1) is 0 Å². The zero-order chi connectivity index (χ0) is 6.97. The van der Waals surface area contributed by atoms with Gasteiger partial charge >= 0.3 is 0 Å². The SMILES string of the molecule is O=CC1C=C2C=CC=C2O1. The Labute approximate surface area is 58.5 Å². The predicted molar refractivity (Wildman–Crippen MR) is 36.2 cm³/mol. The maximum absolute atomic E-state index is 10.2. The van der Waals surface area contributed by atoms with Crippen molar-refractivity contribution in [3.63, 3.8) is 0 Å².